The Kier molecular flexibility index (Phi) is 2.48. The zero-order valence-corrected chi connectivity index (χ0v) is 9.32. The normalized spacial score (nSPS) is 16.2. The van der Waals surface area contributed by atoms with E-state index >= 15 is 0 Å². The van der Waals surface area contributed by atoms with E-state index < -0.39 is 0 Å². The molecule has 1 saturated heterocycles. The monoisotopic (exact) mass is 208 g/mol. The molecule has 1 aromatic heterocycles. The van der Waals surface area contributed by atoms with Crippen molar-refractivity contribution in [2.75, 3.05) is 20.1 Å². The molecule has 0 aromatic carbocycles. The van der Waals surface area contributed by atoms with Crippen molar-refractivity contribution >= 4 is 5.91 Å². The predicted octanol–water partition coefficient (Wildman–Crippen LogP) is -0.228. The van der Waals surface area contributed by atoms with Gasteiger partial charge in [0, 0.05) is 32.9 Å². The molecule has 0 bridgehead atoms. The lowest BCUT2D eigenvalue weighted by molar-refractivity contribution is 0.0680. The number of carbonyl (C=O) groups is 1. The fraction of sp³-hybridized carbons (Fsp3) is 0.600. The SMILES string of the molecule is Cc1c(C(=O)N(C)C2CNC2)cnn1C. The van der Waals surface area contributed by atoms with Crippen LogP contribution in [0.1, 0.15) is 16.1 Å². The number of hydrogen-bond donors (Lipinski definition) is 1. The fourth-order valence-corrected chi connectivity index (χ4v) is 1.61. The molecule has 1 aliphatic heterocycles. The molecule has 1 amide bonds. The summed E-state index contributed by atoms with van der Waals surface area (Å²) in [5.41, 5.74) is 1.62. The van der Waals surface area contributed by atoms with Gasteiger partial charge in [-0.15, -0.1) is 0 Å². The molecule has 0 atom stereocenters. The summed E-state index contributed by atoms with van der Waals surface area (Å²) >= 11 is 0. The Bertz CT molecular complexity index is 381. The Balaban J connectivity index is 2.16. The Labute approximate surface area is 89.1 Å². The van der Waals surface area contributed by atoms with Crippen LogP contribution in [0.3, 0.4) is 0 Å². The number of nitrogens with zero attached hydrogens (tertiary/aromatic N) is 3. The van der Waals surface area contributed by atoms with Crippen molar-refractivity contribution in [2.45, 2.75) is 13.0 Å². The zero-order valence-electron chi connectivity index (χ0n) is 9.32. The minimum absolute atomic E-state index is 0.0621. The molecule has 0 unspecified atom stereocenters. The number of nitrogens with one attached hydrogen (secondary N) is 1. The number of aromatic nitrogens is 2. The van der Waals surface area contributed by atoms with Crippen molar-refractivity contribution in [1.82, 2.24) is 20.0 Å². The fourth-order valence-electron chi connectivity index (χ4n) is 1.61. The molecule has 1 aromatic rings. The van der Waals surface area contributed by atoms with Gasteiger partial charge in [-0.05, 0) is 6.92 Å². The molecular weight excluding hydrogens is 192 g/mol. The van der Waals surface area contributed by atoms with Crippen molar-refractivity contribution in [3.05, 3.63) is 17.5 Å². The van der Waals surface area contributed by atoms with Gasteiger partial charge < -0.3 is 10.2 Å². The van der Waals surface area contributed by atoms with Crippen molar-refractivity contribution in [1.29, 1.82) is 0 Å². The Morgan fingerprint density at radius 3 is 2.73 bits per heavy atom. The van der Waals surface area contributed by atoms with Gasteiger partial charge in [0.25, 0.3) is 5.91 Å². The van der Waals surface area contributed by atoms with Gasteiger partial charge in [-0.1, -0.05) is 0 Å². The third kappa shape index (κ3) is 1.63. The second-order valence-electron chi connectivity index (χ2n) is 4.00. The number of rotatable bonds is 2. The molecule has 0 radical (unpaired) electrons. The van der Waals surface area contributed by atoms with E-state index in [4.69, 9.17) is 0 Å². The van der Waals surface area contributed by atoms with Gasteiger partial charge in [0.2, 0.25) is 0 Å². The van der Waals surface area contributed by atoms with E-state index in [0.717, 1.165) is 18.8 Å². The van der Waals surface area contributed by atoms with E-state index in [2.05, 4.69) is 10.4 Å². The molecule has 0 saturated carbocycles. The van der Waals surface area contributed by atoms with Gasteiger partial charge in [0.05, 0.1) is 17.8 Å². The van der Waals surface area contributed by atoms with Crippen molar-refractivity contribution in [3.8, 4) is 0 Å². The van der Waals surface area contributed by atoms with Crippen LogP contribution in [0.2, 0.25) is 0 Å². The van der Waals surface area contributed by atoms with Crippen LogP contribution in [-0.4, -0.2) is 46.8 Å². The second-order valence-corrected chi connectivity index (χ2v) is 4.00. The third-order valence-electron chi connectivity index (χ3n) is 3.09. The van der Waals surface area contributed by atoms with E-state index in [1.54, 1.807) is 15.8 Å². The highest BCUT2D eigenvalue weighted by atomic mass is 16.2. The van der Waals surface area contributed by atoms with Gasteiger partial charge in [-0.25, -0.2) is 0 Å². The van der Waals surface area contributed by atoms with Gasteiger partial charge >= 0.3 is 0 Å². The molecule has 15 heavy (non-hydrogen) atoms. The van der Waals surface area contributed by atoms with Gasteiger partial charge in [-0.3, -0.25) is 9.48 Å². The molecule has 5 nitrogen and oxygen atoms in total. The summed E-state index contributed by atoms with van der Waals surface area (Å²) in [6.45, 7) is 3.69. The summed E-state index contributed by atoms with van der Waals surface area (Å²) in [7, 11) is 3.69. The lowest BCUT2D eigenvalue weighted by Gasteiger charge is -2.35. The van der Waals surface area contributed by atoms with Crippen LogP contribution in [-0.2, 0) is 7.05 Å². The molecule has 1 fully saturated rings. The van der Waals surface area contributed by atoms with Gasteiger partial charge in [0.1, 0.15) is 0 Å². The maximum absolute atomic E-state index is 12.1. The van der Waals surface area contributed by atoms with Crippen LogP contribution in [0.5, 0.6) is 0 Å². The minimum atomic E-state index is 0.0621. The maximum Gasteiger partial charge on any atom is 0.257 e. The zero-order chi connectivity index (χ0) is 11.0. The predicted molar refractivity (Wildman–Crippen MR) is 56.7 cm³/mol. The topological polar surface area (TPSA) is 50.2 Å². The van der Waals surface area contributed by atoms with Gasteiger partial charge in [-0.2, -0.15) is 5.10 Å². The molecule has 1 aliphatic rings. The first-order chi connectivity index (χ1) is 7.11. The Morgan fingerprint density at radius 1 is 1.67 bits per heavy atom. The standard InChI is InChI=1S/C10H16N4O/c1-7-9(6-12-14(7)3)10(15)13(2)8-4-11-5-8/h6,8,11H,4-5H2,1-3H3. The van der Waals surface area contributed by atoms with Crippen LogP contribution in [0, 0.1) is 6.92 Å². The summed E-state index contributed by atoms with van der Waals surface area (Å²) < 4.78 is 1.72. The molecule has 82 valence electrons. The van der Waals surface area contributed by atoms with Crippen molar-refractivity contribution in [3.63, 3.8) is 0 Å². The Hall–Kier alpha value is -1.36. The highest BCUT2D eigenvalue weighted by Gasteiger charge is 2.27. The molecule has 0 spiro atoms. The highest BCUT2D eigenvalue weighted by Crippen LogP contribution is 2.12. The maximum atomic E-state index is 12.1. The molecule has 5 heteroatoms. The summed E-state index contributed by atoms with van der Waals surface area (Å²) in [5, 5.41) is 7.23. The summed E-state index contributed by atoms with van der Waals surface area (Å²) in [6, 6.07) is 0.331. The van der Waals surface area contributed by atoms with E-state index in [1.807, 2.05) is 21.0 Å². The van der Waals surface area contributed by atoms with E-state index in [9.17, 15) is 4.79 Å². The lowest BCUT2D eigenvalue weighted by atomic mass is 10.1. The quantitative estimate of drug-likeness (QED) is 0.730. The smallest absolute Gasteiger partial charge is 0.257 e. The number of likely N-dealkylation sites (N-methyl/N-ethyl adjacent to an activating group) is 1. The highest BCUT2D eigenvalue weighted by molar-refractivity contribution is 5.95. The number of hydrogen-bond acceptors (Lipinski definition) is 3. The summed E-state index contributed by atoms with van der Waals surface area (Å²) in [5.74, 6) is 0.0621. The average molecular weight is 208 g/mol. The molecule has 2 heterocycles. The average Bonchev–Trinajstić information content (AvgIpc) is 2.44. The lowest BCUT2D eigenvalue weighted by Crippen LogP contribution is -2.57. The Morgan fingerprint density at radius 2 is 2.33 bits per heavy atom. The molecule has 1 N–H and O–H groups in total. The minimum Gasteiger partial charge on any atom is -0.336 e. The summed E-state index contributed by atoms with van der Waals surface area (Å²) in [4.78, 5) is 13.9. The van der Waals surface area contributed by atoms with Crippen LogP contribution < -0.4 is 5.32 Å². The van der Waals surface area contributed by atoms with Crippen LogP contribution in [0.25, 0.3) is 0 Å². The number of carbonyl (C=O) groups excluding carboxylic acids is 1. The summed E-state index contributed by atoms with van der Waals surface area (Å²) in [6.07, 6.45) is 1.64. The number of aryl methyl sites for hydroxylation is 1. The molecular formula is C10H16N4O. The number of amides is 1. The van der Waals surface area contributed by atoms with E-state index in [-0.39, 0.29) is 5.91 Å². The van der Waals surface area contributed by atoms with E-state index in [0.29, 0.717) is 11.6 Å². The molecule has 0 aliphatic carbocycles. The van der Waals surface area contributed by atoms with Crippen LogP contribution in [0.15, 0.2) is 6.20 Å². The second kappa shape index (κ2) is 3.66. The van der Waals surface area contributed by atoms with Crippen molar-refractivity contribution < 1.29 is 4.79 Å². The van der Waals surface area contributed by atoms with Crippen molar-refractivity contribution in [2.24, 2.45) is 7.05 Å². The van der Waals surface area contributed by atoms with Crippen LogP contribution in [0.4, 0.5) is 0 Å². The van der Waals surface area contributed by atoms with E-state index in [1.165, 1.54) is 0 Å². The first kappa shape index (κ1) is 10.2. The first-order valence-electron chi connectivity index (χ1n) is 5.07. The van der Waals surface area contributed by atoms with Crippen LogP contribution >= 0.6 is 0 Å². The molecule has 2 rings (SSSR count). The largest absolute Gasteiger partial charge is 0.336 e. The van der Waals surface area contributed by atoms with Gasteiger partial charge in [0.15, 0.2) is 0 Å². The first-order valence-corrected chi connectivity index (χ1v) is 5.07. The third-order valence-corrected chi connectivity index (χ3v) is 3.09.